The third-order valence-corrected chi connectivity index (χ3v) is 9.20. The quantitative estimate of drug-likeness (QED) is 0.520. The lowest BCUT2D eigenvalue weighted by molar-refractivity contribution is -0.139. The lowest BCUT2D eigenvalue weighted by Crippen LogP contribution is -2.51. The number of nitrogens with zero attached hydrogens (tertiary/aromatic N) is 1. The Hall–Kier alpha value is -3.05. The number of anilines is 1. The molecular weight excluding hydrogens is 482 g/mol. The number of halogens is 1. The Bertz CT molecular complexity index is 1230. The summed E-state index contributed by atoms with van der Waals surface area (Å²) in [4.78, 5) is 29.4. The Morgan fingerprint density at radius 3 is 2.59 bits per heavy atom. The van der Waals surface area contributed by atoms with E-state index in [1.165, 1.54) is 5.56 Å². The number of benzene rings is 2. The minimum absolute atomic E-state index is 0.0257. The van der Waals surface area contributed by atoms with Gasteiger partial charge in [-0.05, 0) is 55.5 Å². The number of para-hydroxylation sites is 1. The van der Waals surface area contributed by atoms with E-state index in [0.717, 1.165) is 55.8 Å². The van der Waals surface area contributed by atoms with Gasteiger partial charge in [-0.1, -0.05) is 73.0 Å². The summed E-state index contributed by atoms with van der Waals surface area (Å²) in [6.45, 7) is 0.737. The van der Waals surface area contributed by atoms with E-state index < -0.39 is 0 Å². The fourth-order valence-electron chi connectivity index (χ4n) is 7.00. The van der Waals surface area contributed by atoms with Gasteiger partial charge in [0.1, 0.15) is 0 Å². The highest BCUT2D eigenvalue weighted by Crippen LogP contribution is 2.50. The lowest BCUT2D eigenvalue weighted by Gasteiger charge is -2.44. The first-order chi connectivity index (χ1) is 18.1. The molecule has 6 rings (SSSR count). The molecule has 4 aliphatic rings. The molecule has 2 N–H and O–H groups in total. The van der Waals surface area contributed by atoms with Crippen molar-refractivity contribution in [3.63, 3.8) is 0 Å². The van der Waals surface area contributed by atoms with Crippen LogP contribution in [0.5, 0.6) is 0 Å². The fourth-order valence-corrected chi connectivity index (χ4v) is 7.30. The van der Waals surface area contributed by atoms with Crippen LogP contribution < -0.4 is 10.6 Å². The van der Waals surface area contributed by atoms with Crippen molar-refractivity contribution in [1.82, 2.24) is 10.2 Å². The molecule has 2 amide bonds. The van der Waals surface area contributed by atoms with E-state index in [-0.39, 0.29) is 41.8 Å². The molecule has 1 unspecified atom stereocenters. The predicted octanol–water partition coefficient (Wildman–Crippen LogP) is 6.06. The number of rotatable bonds is 4. The first-order valence-electron chi connectivity index (χ1n) is 13.7. The van der Waals surface area contributed by atoms with Crippen molar-refractivity contribution < 1.29 is 9.59 Å². The van der Waals surface area contributed by atoms with Crippen molar-refractivity contribution in [1.29, 1.82) is 0 Å². The molecule has 5 nitrogen and oxygen atoms in total. The van der Waals surface area contributed by atoms with Gasteiger partial charge in [-0.15, -0.1) is 0 Å². The highest BCUT2D eigenvalue weighted by Gasteiger charge is 2.50. The van der Waals surface area contributed by atoms with Crippen molar-refractivity contribution in [2.75, 3.05) is 11.9 Å². The molecule has 0 spiro atoms. The first kappa shape index (κ1) is 24.3. The van der Waals surface area contributed by atoms with E-state index in [1.807, 2.05) is 42.5 Å². The highest BCUT2D eigenvalue weighted by molar-refractivity contribution is 6.30. The van der Waals surface area contributed by atoms with Gasteiger partial charge in [0.15, 0.2) is 0 Å². The molecule has 2 aromatic carbocycles. The molecule has 37 heavy (non-hydrogen) atoms. The predicted molar refractivity (Wildman–Crippen MR) is 147 cm³/mol. The summed E-state index contributed by atoms with van der Waals surface area (Å²) in [7, 11) is 0. The summed E-state index contributed by atoms with van der Waals surface area (Å²) in [6, 6.07) is 17.8. The van der Waals surface area contributed by atoms with Crippen molar-refractivity contribution in [2.24, 2.45) is 17.8 Å². The van der Waals surface area contributed by atoms with E-state index in [1.54, 1.807) is 0 Å². The number of hydrogen-bond donors (Lipinski definition) is 2. The number of likely N-dealkylation sites (tertiary alicyclic amines) is 1. The van der Waals surface area contributed by atoms with Crippen LogP contribution in [-0.2, 0) is 4.79 Å². The monoisotopic (exact) mass is 515 g/mol. The van der Waals surface area contributed by atoms with E-state index in [4.69, 9.17) is 11.6 Å². The lowest BCUT2D eigenvalue weighted by atomic mass is 9.75. The Balaban J connectivity index is 1.27. The maximum absolute atomic E-state index is 14.2. The summed E-state index contributed by atoms with van der Waals surface area (Å²) >= 11 is 6.72. The standard InChI is InChI=1S/C31H34ClN3O2/c32-25-15-7-4-12-21(25)28-24-18-19-35(29(24)22-13-5-8-16-26(22)33-28)31(37)23-14-6-9-17-27(23)34-30(36)20-10-2-1-3-11-20/h1-5,7-8,10-11,13,15-16,21,23-24,27-29,33H,6,9,12,14,17-19H2,(H,34,36)/t21?,23-,24+,27+,28-,29-/m0/s1. The summed E-state index contributed by atoms with van der Waals surface area (Å²) in [5, 5.41) is 7.91. The van der Waals surface area contributed by atoms with Crippen LogP contribution in [-0.4, -0.2) is 35.3 Å². The average molecular weight is 516 g/mol. The highest BCUT2D eigenvalue weighted by atomic mass is 35.5. The molecule has 2 fully saturated rings. The number of carbonyl (C=O) groups excluding carboxylic acids is 2. The Labute approximate surface area is 224 Å². The van der Waals surface area contributed by atoms with E-state index in [2.05, 4.69) is 45.9 Å². The zero-order valence-corrected chi connectivity index (χ0v) is 21.7. The van der Waals surface area contributed by atoms with E-state index in [0.29, 0.717) is 11.5 Å². The van der Waals surface area contributed by atoms with Gasteiger partial charge in [-0.25, -0.2) is 0 Å². The van der Waals surface area contributed by atoms with Crippen molar-refractivity contribution in [3.05, 3.63) is 89.0 Å². The molecule has 2 heterocycles. The number of hydrogen-bond acceptors (Lipinski definition) is 3. The number of amides is 2. The van der Waals surface area contributed by atoms with E-state index >= 15 is 0 Å². The molecule has 2 aliphatic heterocycles. The Kier molecular flexibility index (Phi) is 6.81. The van der Waals surface area contributed by atoms with Crippen molar-refractivity contribution >= 4 is 29.1 Å². The maximum Gasteiger partial charge on any atom is 0.251 e. The van der Waals surface area contributed by atoms with Crippen LogP contribution >= 0.6 is 11.6 Å². The average Bonchev–Trinajstić information content (AvgIpc) is 3.39. The molecule has 1 saturated carbocycles. The second-order valence-electron chi connectivity index (χ2n) is 10.8. The van der Waals surface area contributed by atoms with Gasteiger partial charge in [-0.2, -0.15) is 0 Å². The molecule has 0 bridgehead atoms. The normalized spacial score (nSPS) is 30.5. The molecule has 6 atom stereocenters. The second kappa shape index (κ2) is 10.4. The zero-order valence-electron chi connectivity index (χ0n) is 21.0. The molecule has 6 heteroatoms. The molecule has 2 aromatic rings. The van der Waals surface area contributed by atoms with Crippen LogP contribution in [0.2, 0.25) is 0 Å². The number of carbonyl (C=O) groups is 2. The molecule has 1 saturated heterocycles. The van der Waals surface area contributed by atoms with Crippen molar-refractivity contribution in [3.8, 4) is 0 Å². The number of allylic oxidation sites excluding steroid dienone is 3. The van der Waals surface area contributed by atoms with Gasteiger partial charge in [0, 0.05) is 46.7 Å². The summed E-state index contributed by atoms with van der Waals surface area (Å²) < 4.78 is 0. The molecule has 0 aromatic heterocycles. The largest absolute Gasteiger partial charge is 0.381 e. The third kappa shape index (κ3) is 4.59. The summed E-state index contributed by atoms with van der Waals surface area (Å²) in [6.07, 6.45) is 11.8. The van der Waals surface area contributed by atoms with Crippen LogP contribution in [0, 0.1) is 17.8 Å². The number of nitrogens with one attached hydrogen (secondary N) is 2. The minimum Gasteiger partial charge on any atom is -0.381 e. The smallest absolute Gasteiger partial charge is 0.251 e. The number of fused-ring (bicyclic) bond motifs is 3. The molecular formula is C31H34ClN3O2. The van der Waals surface area contributed by atoms with Gasteiger partial charge in [-0.3, -0.25) is 9.59 Å². The van der Waals surface area contributed by atoms with Gasteiger partial charge in [0.05, 0.1) is 12.0 Å². The van der Waals surface area contributed by atoms with Gasteiger partial charge in [0.2, 0.25) is 5.91 Å². The van der Waals surface area contributed by atoms with Crippen LogP contribution in [0.4, 0.5) is 5.69 Å². The summed E-state index contributed by atoms with van der Waals surface area (Å²) in [5.74, 6) is 0.394. The second-order valence-corrected chi connectivity index (χ2v) is 11.3. The van der Waals surface area contributed by atoms with Gasteiger partial charge < -0.3 is 15.5 Å². The minimum atomic E-state index is -0.193. The van der Waals surface area contributed by atoms with Crippen LogP contribution in [0.15, 0.2) is 77.9 Å². The Morgan fingerprint density at radius 1 is 0.973 bits per heavy atom. The van der Waals surface area contributed by atoms with Crippen molar-refractivity contribution in [2.45, 2.75) is 56.7 Å². The summed E-state index contributed by atoms with van der Waals surface area (Å²) in [5.41, 5.74) is 2.94. The molecule has 2 aliphatic carbocycles. The van der Waals surface area contributed by atoms with Crippen LogP contribution in [0.25, 0.3) is 0 Å². The van der Waals surface area contributed by atoms with Crippen LogP contribution in [0.1, 0.15) is 60.5 Å². The molecule has 192 valence electrons. The Morgan fingerprint density at radius 2 is 1.76 bits per heavy atom. The van der Waals surface area contributed by atoms with Gasteiger partial charge in [0.25, 0.3) is 5.91 Å². The third-order valence-electron chi connectivity index (χ3n) is 8.80. The topological polar surface area (TPSA) is 61.4 Å². The zero-order chi connectivity index (χ0) is 25.4. The SMILES string of the molecule is O=C(N[C@@H]1CCCC[C@@H]1C(=O)N1CC[C@@H]2[C@H](C3CC=CC=C3Cl)Nc3ccccc3[C@@H]21)c1ccccc1. The molecule has 0 radical (unpaired) electrons. The van der Waals surface area contributed by atoms with Crippen LogP contribution in [0.3, 0.4) is 0 Å². The maximum atomic E-state index is 14.2. The fraction of sp³-hybridized carbons (Fsp3) is 0.419. The van der Waals surface area contributed by atoms with E-state index in [9.17, 15) is 9.59 Å². The van der Waals surface area contributed by atoms with Gasteiger partial charge >= 0.3 is 0 Å². The first-order valence-corrected chi connectivity index (χ1v) is 14.0.